The van der Waals surface area contributed by atoms with Crippen molar-refractivity contribution in [1.82, 2.24) is 5.32 Å². The molecule has 0 fully saturated rings. The van der Waals surface area contributed by atoms with E-state index in [1.165, 1.54) is 0 Å². The quantitative estimate of drug-likeness (QED) is 0.611. The second-order valence-electron chi connectivity index (χ2n) is 4.59. The lowest BCUT2D eigenvalue weighted by Crippen LogP contribution is -2.36. The van der Waals surface area contributed by atoms with Crippen LogP contribution in [0.25, 0.3) is 0 Å². The summed E-state index contributed by atoms with van der Waals surface area (Å²) >= 11 is 0. The van der Waals surface area contributed by atoms with Crippen LogP contribution in [0.15, 0.2) is 24.3 Å². The molecule has 0 unspecified atom stereocenters. The van der Waals surface area contributed by atoms with E-state index < -0.39 is 11.8 Å². The average molecular weight is 262 g/mol. The predicted octanol–water partition coefficient (Wildman–Crippen LogP) is 2.63. The normalized spacial score (nSPS) is 10.0. The van der Waals surface area contributed by atoms with Gasteiger partial charge in [0.2, 0.25) is 0 Å². The maximum Gasteiger partial charge on any atom is 0.313 e. The highest BCUT2D eigenvalue weighted by Gasteiger charge is 2.13. The van der Waals surface area contributed by atoms with Crippen molar-refractivity contribution >= 4 is 17.5 Å². The number of rotatable bonds is 6. The molecule has 0 saturated heterocycles. The molecule has 1 aromatic rings. The van der Waals surface area contributed by atoms with Crippen LogP contribution in [-0.2, 0) is 9.59 Å². The summed E-state index contributed by atoms with van der Waals surface area (Å²) < 4.78 is 0. The van der Waals surface area contributed by atoms with Gasteiger partial charge in [0.1, 0.15) is 0 Å². The van der Waals surface area contributed by atoms with E-state index in [0.717, 1.165) is 31.2 Å². The predicted molar refractivity (Wildman–Crippen MR) is 77.0 cm³/mol. The van der Waals surface area contributed by atoms with Crippen molar-refractivity contribution in [2.45, 2.75) is 39.5 Å². The summed E-state index contributed by atoms with van der Waals surface area (Å²) in [5.41, 5.74) is 1.61. The Bertz CT molecular complexity index is 430. The molecule has 0 saturated carbocycles. The molecule has 0 aliphatic rings. The average Bonchev–Trinajstić information content (AvgIpc) is 2.41. The smallest absolute Gasteiger partial charge is 0.313 e. The fraction of sp³-hybridized carbons (Fsp3) is 0.467. The number of carbonyl (C=O) groups excluding carboxylic acids is 2. The molecule has 0 atom stereocenters. The molecule has 1 aromatic carbocycles. The van der Waals surface area contributed by atoms with Crippen LogP contribution >= 0.6 is 0 Å². The number of nitrogens with one attached hydrogen (secondary N) is 2. The second-order valence-corrected chi connectivity index (χ2v) is 4.59. The summed E-state index contributed by atoms with van der Waals surface area (Å²) in [6.07, 6.45) is 4.31. The van der Waals surface area contributed by atoms with Crippen molar-refractivity contribution in [3.63, 3.8) is 0 Å². The third kappa shape index (κ3) is 5.55. The molecule has 4 nitrogen and oxygen atoms in total. The van der Waals surface area contributed by atoms with E-state index in [4.69, 9.17) is 0 Å². The van der Waals surface area contributed by atoms with E-state index in [-0.39, 0.29) is 0 Å². The number of aryl methyl sites for hydroxylation is 1. The molecule has 104 valence electrons. The standard InChI is InChI=1S/C15H22N2O2/c1-3-4-5-8-11-16-14(18)15(19)17-13-10-7-6-9-12(13)2/h6-7,9-10H,3-5,8,11H2,1-2H3,(H,16,18)(H,17,19). The van der Waals surface area contributed by atoms with Gasteiger partial charge in [-0.05, 0) is 25.0 Å². The van der Waals surface area contributed by atoms with Crippen LogP contribution in [0.3, 0.4) is 0 Å². The third-order valence-electron chi connectivity index (χ3n) is 2.92. The minimum atomic E-state index is -0.607. The molecule has 0 spiro atoms. The van der Waals surface area contributed by atoms with Gasteiger partial charge in [-0.15, -0.1) is 0 Å². The summed E-state index contributed by atoms with van der Waals surface area (Å²) in [6, 6.07) is 7.38. The zero-order valence-electron chi connectivity index (χ0n) is 11.7. The highest BCUT2D eigenvalue weighted by Crippen LogP contribution is 2.12. The van der Waals surface area contributed by atoms with E-state index in [9.17, 15) is 9.59 Å². The summed E-state index contributed by atoms with van der Waals surface area (Å²) in [5, 5.41) is 5.24. The van der Waals surface area contributed by atoms with E-state index in [0.29, 0.717) is 12.2 Å². The number of unbranched alkanes of at least 4 members (excludes halogenated alkanes) is 3. The van der Waals surface area contributed by atoms with Crippen LogP contribution in [0.4, 0.5) is 5.69 Å². The Morgan fingerprint density at radius 2 is 1.79 bits per heavy atom. The Morgan fingerprint density at radius 3 is 2.47 bits per heavy atom. The summed E-state index contributed by atoms with van der Waals surface area (Å²) in [4.78, 5) is 23.2. The first-order chi connectivity index (χ1) is 9.15. The molecule has 0 bridgehead atoms. The van der Waals surface area contributed by atoms with Gasteiger partial charge in [0.05, 0.1) is 0 Å². The van der Waals surface area contributed by atoms with Crippen molar-refractivity contribution in [3.05, 3.63) is 29.8 Å². The van der Waals surface area contributed by atoms with Gasteiger partial charge < -0.3 is 10.6 Å². The molecular formula is C15H22N2O2. The van der Waals surface area contributed by atoms with Crippen molar-refractivity contribution in [2.75, 3.05) is 11.9 Å². The first kappa shape index (κ1) is 15.2. The van der Waals surface area contributed by atoms with E-state index in [1.807, 2.05) is 25.1 Å². The summed E-state index contributed by atoms with van der Waals surface area (Å²) in [6.45, 7) is 4.58. The lowest BCUT2D eigenvalue weighted by atomic mass is 10.2. The highest BCUT2D eigenvalue weighted by atomic mass is 16.2. The van der Waals surface area contributed by atoms with Crippen molar-refractivity contribution in [2.24, 2.45) is 0 Å². The number of hydrogen-bond donors (Lipinski definition) is 2. The Kier molecular flexibility index (Phi) is 6.64. The topological polar surface area (TPSA) is 58.2 Å². The number of amides is 2. The van der Waals surface area contributed by atoms with Gasteiger partial charge in [-0.1, -0.05) is 44.4 Å². The molecule has 4 heteroatoms. The molecule has 1 rings (SSSR count). The number of hydrogen-bond acceptors (Lipinski definition) is 2. The zero-order chi connectivity index (χ0) is 14.1. The first-order valence-corrected chi connectivity index (χ1v) is 6.80. The Morgan fingerprint density at radius 1 is 1.05 bits per heavy atom. The number of anilines is 1. The van der Waals surface area contributed by atoms with E-state index >= 15 is 0 Å². The molecule has 2 N–H and O–H groups in total. The lowest BCUT2D eigenvalue weighted by molar-refractivity contribution is -0.136. The molecule has 0 aliphatic heterocycles. The monoisotopic (exact) mass is 262 g/mol. The SMILES string of the molecule is CCCCCCNC(=O)C(=O)Nc1ccccc1C. The van der Waals surface area contributed by atoms with Crippen LogP contribution in [0.5, 0.6) is 0 Å². The fourth-order valence-electron chi connectivity index (χ4n) is 1.73. The van der Waals surface area contributed by atoms with Crippen molar-refractivity contribution < 1.29 is 9.59 Å². The minimum Gasteiger partial charge on any atom is -0.348 e. The summed E-state index contributed by atoms with van der Waals surface area (Å²) in [5.74, 6) is -1.18. The van der Waals surface area contributed by atoms with Gasteiger partial charge >= 0.3 is 11.8 Å². The number of carbonyl (C=O) groups is 2. The van der Waals surface area contributed by atoms with Crippen LogP contribution in [-0.4, -0.2) is 18.4 Å². The molecular weight excluding hydrogens is 240 g/mol. The van der Waals surface area contributed by atoms with Gasteiger partial charge in [0.25, 0.3) is 0 Å². The largest absolute Gasteiger partial charge is 0.348 e. The van der Waals surface area contributed by atoms with E-state index in [1.54, 1.807) is 6.07 Å². The molecule has 19 heavy (non-hydrogen) atoms. The zero-order valence-corrected chi connectivity index (χ0v) is 11.7. The van der Waals surface area contributed by atoms with Crippen LogP contribution in [0.1, 0.15) is 38.2 Å². The maximum atomic E-state index is 11.7. The maximum absolute atomic E-state index is 11.7. The van der Waals surface area contributed by atoms with Gasteiger partial charge in [0.15, 0.2) is 0 Å². The van der Waals surface area contributed by atoms with E-state index in [2.05, 4.69) is 17.6 Å². The molecule has 0 radical (unpaired) electrons. The van der Waals surface area contributed by atoms with Gasteiger partial charge in [-0.25, -0.2) is 0 Å². The van der Waals surface area contributed by atoms with Crippen LogP contribution in [0, 0.1) is 6.92 Å². The van der Waals surface area contributed by atoms with Crippen molar-refractivity contribution in [3.8, 4) is 0 Å². The number of para-hydroxylation sites is 1. The first-order valence-electron chi connectivity index (χ1n) is 6.80. The molecule has 0 heterocycles. The summed E-state index contributed by atoms with van der Waals surface area (Å²) in [7, 11) is 0. The highest BCUT2D eigenvalue weighted by molar-refractivity contribution is 6.39. The lowest BCUT2D eigenvalue weighted by Gasteiger charge is -2.08. The number of benzene rings is 1. The second kappa shape index (κ2) is 8.29. The fourth-order valence-corrected chi connectivity index (χ4v) is 1.73. The third-order valence-corrected chi connectivity index (χ3v) is 2.92. The van der Waals surface area contributed by atoms with Crippen molar-refractivity contribution in [1.29, 1.82) is 0 Å². The van der Waals surface area contributed by atoms with Gasteiger partial charge in [-0.3, -0.25) is 9.59 Å². The van der Waals surface area contributed by atoms with Crippen LogP contribution in [0.2, 0.25) is 0 Å². The van der Waals surface area contributed by atoms with Gasteiger partial charge in [0, 0.05) is 12.2 Å². The Balaban J connectivity index is 2.33. The van der Waals surface area contributed by atoms with Crippen LogP contribution < -0.4 is 10.6 Å². The molecule has 2 amide bonds. The Labute approximate surface area is 114 Å². The Hall–Kier alpha value is -1.84. The molecule has 0 aliphatic carbocycles. The van der Waals surface area contributed by atoms with Gasteiger partial charge in [-0.2, -0.15) is 0 Å². The molecule has 0 aromatic heterocycles. The minimum absolute atomic E-state index is 0.556.